The fourth-order valence-corrected chi connectivity index (χ4v) is 7.48. The molecule has 0 N–H and O–H groups in total. The molecule has 230 valence electrons. The van der Waals surface area contributed by atoms with Crippen LogP contribution in [0, 0.1) is 0 Å². The highest BCUT2D eigenvalue weighted by Gasteiger charge is 2.18. The fraction of sp³-hybridized carbons (Fsp3) is 0.0870. The summed E-state index contributed by atoms with van der Waals surface area (Å²) in [6.07, 6.45) is 2.07. The van der Waals surface area contributed by atoms with Crippen molar-refractivity contribution >= 4 is 55.2 Å². The van der Waals surface area contributed by atoms with Gasteiger partial charge in [-0.15, -0.1) is 0 Å². The second-order valence-electron chi connectivity index (χ2n) is 12.8. The van der Waals surface area contributed by atoms with Gasteiger partial charge in [-0.25, -0.2) is 0 Å². The van der Waals surface area contributed by atoms with Crippen LogP contribution < -0.4 is 4.90 Å². The van der Waals surface area contributed by atoms with Crippen LogP contribution in [0.15, 0.2) is 158 Å². The van der Waals surface area contributed by atoms with Crippen molar-refractivity contribution in [3.05, 3.63) is 169 Å². The zero-order valence-corrected chi connectivity index (χ0v) is 27.3. The summed E-state index contributed by atoms with van der Waals surface area (Å²) in [7, 11) is 0. The predicted octanol–water partition coefficient (Wildman–Crippen LogP) is 12.8. The summed E-state index contributed by atoms with van der Waals surface area (Å²) in [6, 6.07) is 58.3. The van der Waals surface area contributed by atoms with E-state index in [1.165, 1.54) is 82.9 Å². The number of benzene rings is 7. The highest BCUT2D eigenvalue weighted by atomic mass is 15.1. The summed E-state index contributed by atoms with van der Waals surface area (Å²) in [5, 5.41) is 5.23. The van der Waals surface area contributed by atoms with Crippen LogP contribution in [0.25, 0.3) is 60.3 Å². The van der Waals surface area contributed by atoms with E-state index in [1.807, 2.05) is 0 Å². The standard InChI is InChI=1S/C46H36N2/c1-3-31-13-23-37(24-14-31)47(38-25-15-32(4-2)16-26-38)39-27-21-34(22-28-39)33-17-19-35(20-18-33)36-29-42-40-9-5-7-11-44(40)48-45-12-8-6-10-41(45)43(30-36)46(42)48/h5-30H,3-4H2,1-2H3. The Morgan fingerprint density at radius 2 is 0.771 bits per heavy atom. The normalized spacial score (nSPS) is 11.7. The van der Waals surface area contributed by atoms with Gasteiger partial charge in [-0.05, 0) is 107 Å². The van der Waals surface area contributed by atoms with Gasteiger partial charge in [0.2, 0.25) is 0 Å². The van der Waals surface area contributed by atoms with Crippen molar-refractivity contribution in [3.8, 4) is 22.3 Å². The number of hydrogen-bond acceptors (Lipinski definition) is 1. The van der Waals surface area contributed by atoms with Crippen LogP contribution in [0.5, 0.6) is 0 Å². The molecule has 9 rings (SSSR count). The molecule has 7 aromatic carbocycles. The molecule has 9 aromatic rings. The predicted molar refractivity (Wildman–Crippen MR) is 205 cm³/mol. The molecule has 2 aromatic heterocycles. The number of hydrogen-bond donors (Lipinski definition) is 0. The quantitative estimate of drug-likeness (QED) is 0.173. The molecule has 0 aliphatic heterocycles. The zero-order chi connectivity index (χ0) is 32.2. The Morgan fingerprint density at radius 1 is 0.396 bits per heavy atom. The number of anilines is 3. The van der Waals surface area contributed by atoms with Crippen molar-refractivity contribution in [1.29, 1.82) is 0 Å². The minimum absolute atomic E-state index is 1.03. The Hall–Kier alpha value is -5.86. The van der Waals surface area contributed by atoms with Gasteiger partial charge >= 0.3 is 0 Å². The molecule has 0 fully saturated rings. The van der Waals surface area contributed by atoms with Gasteiger partial charge in [0.25, 0.3) is 0 Å². The van der Waals surface area contributed by atoms with Gasteiger partial charge in [0.1, 0.15) is 0 Å². The molecule has 0 aliphatic rings. The van der Waals surface area contributed by atoms with Gasteiger partial charge in [0.15, 0.2) is 0 Å². The minimum Gasteiger partial charge on any atom is -0.311 e. The lowest BCUT2D eigenvalue weighted by molar-refractivity contribution is 1.13. The van der Waals surface area contributed by atoms with E-state index in [2.05, 4.69) is 181 Å². The number of fused-ring (bicyclic) bond motifs is 6. The first kappa shape index (κ1) is 28.4. The third-order valence-corrected chi connectivity index (χ3v) is 10.1. The van der Waals surface area contributed by atoms with E-state index in [-0.39, 0.29) is 0 Å². The molecule has 2 nitrogen and oxygen atoms in total. The van der Waals surface area contributed by atoms with E-state index >= 15 is 0 Å². The molecule has 0 saturated carbocycles. The molecule has 2 heteroatoms. The summed E-state index contributed by atoms with van der Waals surface area (Å²) in [4.78, 5) is 2.35. The molecule has 0 saturated heterocycles. The second kappa shape index (κ2) is 11.4. The van der Waals surface area contributed by atoms with Crippen molar-refractivity contribution in [1.82, 2.24) is 4.40 Å². The largest absolute Gasteiger partial charge is 0.311 e. The van der Waals surface area contributed by atoms with Crippen LogP contribution in [-0.4, -0.2) is 4.40 Å². The van der Waals surface area contributed by atoms with Crippen LogP contribution in [0.3, 0.4) is 0 Å². The lowest BCUT2D eigenvalue weighted by Crippen LogP contribution is -2.10. The highest BCUT2D eigenvalue weighted by molar-refractivity contribution is 6.24. The van der Waals surface area contributed by atoms with E-state index in [0.29, 0.717) is 0 Å². The fourth-order valence-electron chi connectivity index (χ4n) is 7.48. The molecule has 0 amide bonds. The Balaban J connectivity index is 1.07. The van der Waals surface area contributed by atoms with Crippen molar-refractivity contribution in [2.24, 2.45) is 0 Å². The average molecular weight is 617 g/mol. The number of aryl methyl sites for hydroxylation is 2. The summed E-state index contributed by atoms with van der Waals surface area (Å²) in [5.74, 6) is 0. The topological polar surface area (TPSA) is 7.65 Å². The third-order valence-electron chi connectivity index (χ3n) is 10.1. The maximum atomic E-state index is 2.44. The van der Waals surface area contributed by atoms with E-state index < -0.39 is 0 Å². The van der Waals surface area contributed by atoms with Crippen LogP contribution in [0.4, 0.5) is 17.1 Å². The summed E-state index contributed by atoms with van der Waals surface area (Å²) in [5.41, 5.74) is 14.9. The molecular weight excluding hydrogens is 581 g/mol. The van der Waals surface area contributed by atoms with Crippen LogP contribution >= 0.6 is 0 Å². The van der Waals surface area contributed by atoms with Crippen molar-refractivity contribution in [2.45, 2.75) is 26.7 Å². The first-order valence-electron chi connectivity index (χ1n) is 17.1. The van der Waals surface area contributed by atoms with Crippen LogP contribution in [-0.2, 0) is 12.8 Å². The third kappa shape index (κ3) is 4.56. The molecule has 0 unspecified atom stereocenters. The van der Waals surface area contributed by atoms with Crippen LogP contribution in [0.1, 0.15) is 25.0 Å². The second-order valence-corrected chi connectivity index (χ2v) is 12.8. The van der Waals surface area contributed by atoms with E-state index in [9.17, 15) is 0 Å². The van der Waals surface area contributed by atoms with Crippen molar-refractivity contribution in [3.63, 3.8) is 0 Å². The first-order valence-corrected chi connectivity index (χ1v) is 17.1. The maximum Gasteiger partial charge on any atom is 0.0620 e. The monoisotopic (exact) mass is 616 g/mol. The highest BCUT2D eigenvalue weighted by Crippen LogP contribution is 2.42. The van der Waals surface area contributed by atoms with E-state index in [0.717, 1.165) is 18.5 Å². The van der Waals surface area contributed by atoms with E-state index in [1.54, 1.807) is 0 Å². The summed E-state index contributed by atoms with van der Waals surface area (Å²) >= 11 is 0. The Kier molecular flexibility index (Phi) is 6.76. The summed E-state index contributed by atoms with van der Waals surface area (Å²) in [6.45, 7) is 4.40. The van der Waals surface area contributed by atoms with Crippen molar-refractivity contribution in [2.75, 3.05) is 4.90 Å². The SMILES string of the molecule is CCc1ccc(N(c2ccc(CC)cc2)c2ccc(-c3ccc(-c4cc5c6ccccc6n6c7ccccc7c(c4)c56)cc3)cc2)cc1. The average Bonchev–Trinajstić information content (AvgIpc) is 3.68. The molecule has 0 bridgehead atoms. The summed E-state index contributed by atoms with van der Waals surface area (Å²) < 4.78 is 2.44. The Morgan fingerprint density at radius 3 is 1.21 bits per heavy atom. The van der Waals surface area contributed by atoms with Gasteiger partial charge in [-0.3, -0.25) is 0 Å². The molecule has 0 spiro atoms. The van der Waals surface area contributed by atoms with Crippen molar-refractivity contribution < 1.29 is 0 Å². The lowest BCUT2D eigenvalue weighted by atomic mass is 9.97. The lowest BCUT2D eigenvalue weighted by Gasteiger charge is -2.26. The van der Waals surface area contributed by atoms with Gasteiger partial charge in [0.05, 0.1) is 16.6 Å². The molecular formula is C46H36N2. The molecule has 0 radical (unpaired) electrons. The maximum absolute atomic E-state index is 2.44. The molecule has 48 heavy (non-hydrogen) atoms. The van der Waals surface area contributed by atoms with E-state index in [4.69, 9.17) is 0 Å². The number of para-hydroxylation sites is 2. The molecule has 2 heterocycles. The number of nitrogens with zero attached hydrogens (tertiary/aromatic N) is 2. The molecule has 0 aliphatic carbocycles. The Labute approximate surface area is 281 Å². The smallest absolute Gasteiger partial charge is 0.0620 e. The van der Waals surface area contributed by atoms with Gasteiger partial charge in [-0.1, -0.05) is 111 Å². The number of aromatic nitrogens is 1. The van der Waals surface area contributed by atoms with Gasteiger partial charge in [-0.2, -0.15) is 0 Å². The molecule has 0 atom stereocenters. The number of rotatable bonds is 7. The van der Waals surface area contributed by atoms with Gasteiger partial charge in [0, 0.05) is 38.6 Å². The Bertz CT molecular complexity index is 2410. The minimum atomic E-state index is 1.03. The zero-order valence-electron chi connectivity index (χ0n) is 27.3. The van der Waals surface area contributed by atoms with Crippen LogP contribution in [0.2, 0.25) is 0 Å². The van der Waals surface area contributed by atoms with Gasteiger partial charge < -0.3 is 9.30 Å². The first-order chi connectivity index (χ1) is 23.7.